The minimum atomic E-state index is 0.107. The van der Waals surface area contributed by atoms with E-state index in [0.29, 0.717) is 11.8 Å². The molecule has 4 nitrogen and oxygen atoms in total. The summed E-state index contributed by atoms with van der Waals surface area (Å²) in [6, 6.07) is 0.107. The molecule has 2 fully saturated rings. The van der Waals surface area contributed by atoms with E-state index < -0.39 is 0 Å². The Morgan fingerprint density at radius 3 is 2.93 bits per heavy atom. The standard InChI is InChI=1S/C11H20N2O2/c1-2-15-8-9-4-6-13(7-9)11(14)10-3-5-12-10/h9-10,12H,2-8H2,1H3/t9?,10-/m1/s1. The third-order valence-corrected chi connectivity index (χ3v) is 3.28. The van der Waals surface area contributed by atoms with Gasteiger partial charge in [-0.15, -0.1) is 0 Å². The first-order valence-corrected chi connectivity index (χ1v) is 5.91. The van der Waals surface area contributed by atoms with Crippen LogP contribution < -0.4 is 5.32 Å². The molecule has 86 valence electrons. The molecular weight excluding hydrogens is 192 g/mol. The van der Waals surface area contributed by atoms with Crippen molar-refractivity contribution >= 4 is 5.91 Å². The zero-order valence-electron chi connectivity index (χ0n) is 9.37. The third kappa shape index (κ3) is 2.49. The van der Waals surface area contributed by atoms with E-state index in [0.717, 1.165) is 45.7 Å². The number of ether oxygens (including phenoxy) is 1. The maximum absolute atomic E-state index is 11.9. The quantitative estimate of drug-likeness (QED) is 0.725. The molecule has 2 aliphatic rings. The predicted octanol–water partition coefficient (Wildman–Crippen LogP) is 0.233. The molecule has 4 heteroatoms. The summed E-state index contributed by atoms with van der Waals surface area (Å²) in [5, 5.41) is 3.16. The Balaban J connectivity index is 1.73. The van der Waals surface area contributed by atoms with Crippen LogP contribution in [-0.2, 0) is 9.53 Å². The Bertz CT molecular complexity index is 229. The van der Waals surface area contributed by atoms with Crippen LogP contribution in [0.5, 0.6) is 0 Å². The monoisotopic (exact) mass is 212 g/mol. The van der Waals surface area contributed by atoms with Crippen LogP contribution in [0.3, 0.4) is 0 Å². The molecule has 2 saturated heterocycles. The van der Waals surface area contributed by atoms with E-state index in [-0.39, 0.29) is 6.04 Å². The van der Waals surface area contributed by atoms with E-state index in [9.17, 15) is 4.79 Å². The third-order valence-electron chi connectivity index (χ3n) is 3.28. The van der Waals surface area contributed by atoms with E-state index in [1.165, 1.54) is 0 Å². The number of hydrogen-bond acceptors (Lipinski definition) is 3. The molecule has 0 aromatic heterocycles. The molecule has 2 atom stereocenters. The van der Waals surface area contributed by atoms with Crippen LogP contribution in [0.25, 0.3) is 0 Å². The van der Waals surface area contributed by atoms with Crippen LogP contribution in [0.4, 0.5) is 0 Å². The van der Waals surface area contributed by atoms with Crippen molar-refractivity contribution in [1.29, 1.82) is 0 Å². The summed E-state index contributed by atoms with van der Waals surface area (Å²) in [5.41, 5.74) is 0. The molecule has 1 amide bonds. The first-order valence-electron chi connectivity index (χ1n) is 5.91. The van der Waals surface area contributed by atoms with Gasteiger partial charge in [-0.05, 0) is 26.3 Å². The van der Waals surface area contributed by atoms with Crippen molar-refractivity contribution < 1.29 is 9.53 Å². The minimum Gasteiger partial charge on any atom is -0.381 e. The number of amides is 1. The number of nitrogens with one attached hydrogen (secondary N) is 1. The highest BCUT2D eigenvalue weighted by Gasteiger charge is 2.33. The maximum Gasteiger partial charge on any atom is 0.239 e. The van der Waals surface area contributed by atoms with Crippen LogP contribution in [0.1, 0.15) is 19.8 Å². The summed E-state index contributed by atoms with van der Waals surface area (Å²) >= 11 is 0. The summed E-state index contributed by atoms with van der Waals surface area (Å²) in [7, 11) is 0. The van der Waals surface area contributed by atoms with Crippen LogP contribution in [0, 0.1) is 5.92 Å². The fourth-order valence-electron chi connectivity index (χ4n) is 2.17. The molecule has 0 bridgehead atoms. The van der Waals surface area contributed by atoms with Crippen molar-refractivity contribution in [2.45, 2.75) is 25.8 Å². The van der Waals surface area contributed by atoms with Crippen molar-refractivity contribution in [3.8, 4) is 0 Å². The molecule has 0 saturated carbocycles. The van der Waals surface area contributed by atoms with Gasteiger partial charge in [-0.3, -0.25) is 4.79 Å². The summed E-state index contributed by atoms with van der Waals surface area (Å²) in [6.45, 7) is 6.38. The van der Waals surface area contributed by atoms with Crippen molar-refractivity contribution in [2.75, 3.05) is 32.8 Å². The summed E-state index contributed by atoms with van der Waals surface area (Å²) in [4.78, 5) is 13.9. The van der Waals surface area contributed by atoms with Gasteiger partial charge in [0, 0.05) is 25.6 Å². The molecule has 1 N–H and O–H groups in total. The SMILES string of the molecule is CCOCC1CCN(C(=O)[C@H]2CCN2)C1. The molecule has 1 unspecified atom stereocenters. The summed E-state index contributed by atoms with van der Waals surface area (Å²) in [6.07, 6.45) is 2.10. The number of rotatable bonds is 4. The number of hydrogen-bond donors (Lipinski definition) is 1. The molecular formula is C11H20N2O2. The Labute approximate surface area is 91.0 Å². The largest absolute Gasteiger partial charge is 0.381 e. The molecule has 15 heavy (non-hydrogen) atoms. The average Bonchev–Trinajstić information content (AvgIpc) is 2.60. The van der Waals surface area contributed by atoms with Gasteiger partial charge >= 0.3 is 0 Å². The zero-order valence-corrected chi connectivity index (χ0v) is 9.37. The second-order valence-corrected chi connectivity index (χ2v) is 4.39. The Kier molecular flexibility index (Phi) is 3.59. The van der Waals surface area contributed by atoms with Gasteiger partial charge in [-0.1, -0.05) is 0 Å². The van der Waals surface area contributed by atoms with Crippen LogP contribution in [0.2, 0.25) is 0 Å². The maximum atomic E-state index is 11.9. The summed E-state index contributed by atoms with van der Waals surface area (Å²) < 4.78 is 5.39. The van der Waals surface area contributed by atoms with E-state index in [1.54, 1.807) is 0 Å². The molecule has 0 aromatic rings. The van der Waals surface area contributed by atoms with Gasteiger partial charge in [0.1, 0.15) is 0 Å². The molecule has 2 aliphatic heterocycles. The molecule has 2 heterocycles. The van der Waals surface area contributed by atoms with Crippen LogP contribution in [-0.4, -0.2) is 49.7 Å². The van der Waals surface area contributed by atoms with Gasteiger partial charge in [0.2, 0.25) is 5.91 Å². The number of carbonyl (C=O) groups is 1. The Morgan fingerprint density at radius 2 is 2.33 bits per heavy atom. The normalized spacial score (nSPS) is 30.3. The fourth-order valence-corrected chi connectivity index (χ4v) is 2.17. The average molecular weight is 212 g/mol. The Morgan fingerprint density at radius 1 is 1.53 bits per heavy atom. The lowest BCUT2D eigenvalue weighted by Gasteiger charge is -2.30. The lowest BCUT2D eigenvalue weighted by atomic mass is 10.1. The highest BCUT2D eigenvalue weighted by atomic mass is 16.5. The fraction of sp³-hybridized carbons (Fsp3) is 0.909. The molecule has 0 spiro atoms. The van der Waals surface area contributed by atoms with Crippen molar-refractivity contribution in [3.05, 3.63) is 0 Å². The zero-order chi connectivity index (χ0) is 10.7. The molecule has 2 rings (SSSR count). The Hall–Kier alpha value is -0.610. The minimum absolute atomic E-state index is 0.107. The van der Waals surface area contributed by atoms with Crippen LogP contribution in [0.15, 0.2) is 0 Å². The van der Waals surface area contributed by atoms with E-state index in [1.807, 2.05) is 11.8 Å². The lowest BCUT2D eigenvalue weighted by molar-refractivity contribution is -0.134. The van der Waals surface area contributed by atoms with Gasteiger partial charge in [0.25, 0.3) is 0 Å². The predicted molar refractivity (Wildman–Crippen MR) is 57.6 cm³/mol. The van der Waals surface area contributed by atoms with Gasteiger partial charge in [0.15, 0.2) is 0 Å². The first-order chi connectivity index (χ1) is 7.31. The highest BCUT2D eigenvalue weighted by Crippen LogP contribution is 2.19. The van der Waals surface area contributed by atoms with Gasteiger partial charge in [-0.2, -0.15) is 0 Å². The van der Waals surface area contributed by atoms with Gasteiger partial charge < -0.3 is 15.0 Å². The first kappa shape index (κ1) is 10.9. The number of likely N-dealkylation sites (tertiary alicyclic amines) is 1. The topological polar surface area (TPSA) is 41.6 Å². The van der Waals surface area contributed by atoms with Crippen molar-refractivity contribution in [1.82, 2.24) is 10.2 Å². The second kappa shape index (κ2) is 4.94. The molecule has 0 radical (unpaired) electrons. The number of nitrogens with zero attached hydrogens (tertiary/aromatic N) is 1. The van der Waals surface area contributed by atoms with Gasteiger partial charge in [-0.25, -0.2) is 0 Å². The number of carbonyl (C=O) groups excluding carboxylic acids is 1. The smallest absolute Gasteiger partial charge is 0.239 e. The lowest BCUT2D eigenvalue weighted by Crippen LogP contribution is -2.53. The molecule has 0 aliphatic carbocycles. The van der Waals surface area contributed by atoms with Crippen molar-refractivity contribution in [2.24, 2.45) is 5.92 Å². The van der Waals surface area contributed by atoms with E-state index >= 15 is 0 Å². The van der Waals surface area contributed by atoms with Crippen molar-refractivity contribution in [3.63, 3.8) is 0 Å². The highest BCUT2D eigenvalue weighted by molar-refractivity contribution is 5.83. The van der Waals surface area contributed by atoms with E-state index in [4.69, 9.17) is 4.74 Å². The summed E-state index contributed by atoms with van der Waals surface area (Å²) in [5.74, 6) is 0.842. The van der Waals surface area contributed by atoms with Crippen LogP contribution >= 0.6 is 0 Å². The molecule has 0 aromatic carbocycles. The van der Waals surface area contributed by atoms with Gasteiger partial charge in [0.05, 0.1) is 12.6 Å². The van der Waals surface area contributed by atoms with E-state index in [2.05, 4.69) is 5.32 Å². The second-order valence-electron chi connectivity index (χ2n) is 4.39.